The number of nitrogens with zero attached hydrogens (tertiary/aromatic N) is 5. The number of aromatic nitrogens is 3. The number of nitrogens with one attached hydrogen (secondary N) is 1. The summed E-state index contributed by atoms with van der Waals surface area (Å²) in [4.78, 5) is 30.1. The summed E-state index contributed by atoms with van der Waals surface area (Å²) < 4.78 is 0. The van der Waals surface area contributed by atoms with E-state index in [-0.39, 0.29) is 6.03 Å². The fourth-order valence-corrected chi connectivity index (χ4v) is 2.91. The molecule has 1 aliphatic rings. The second-order valence-electron chi connectivity index (χ2n) is 5.37. The molecule has 1 fully saturated rings. The third-order valence-electron chi connectivity index (χ3n) is 4.22. The van der Waals surface area contributed by atoms with Crippen molar-refractivity contribution in [3.05, 3.63) is 18.6 Å². The molecule has 0 aliphatic carbocycles. The summed E-state index contributed by atoms with van der Waals surface area (Å²) >= 11 is 0. The molecule has 0 saturated carbocycles. The van der Waals surface area contributed by atoms with E-state index in [2.05, 4.69) is 19.9 Å². The van der Waals surface area contributed by atoms with E-state index in [0.717, 1.165) is 56.1 Å². The van der Waals surface area contributed by atoms with Crippen LogP contribution in [0.25, 0.3) is 11.0 Å². The van der Waals surface area contributed by atoms with E-state index in [0.29, 0.717) is 0 Å². The molecule has 0 bridgehead atoms. The van der Waals surface area contributed by atoms with Gasteiger partial charge < -0.3 is 19.7 Å². The van der Waals surface area contributed by atoms with Crippen molar-refractivity contribution < 1.29 is 4.79 Å². The van der Waals surface area contributed by atoms with Gasteiger partial charge in [0.25, 0.3) is 0 Å². The lowest BCUT2D eigenvalue weighted by atomic mass is 10.3. The van der Waals surface area contributed by atoms with Crippen molar-refractivity contribution in [2.75, 3.05) is 44.2 Å². The van der Waals surface area contributed by atoms with E-state index in [1.54, 1.807) is 6.33 Å². The molecule has 3 rings (SSSR count). The van der Waals surface area contributed by atoms with Gasteiger partial charge in [-0.1, -0.05) is 0 Å². The summed E-state index contributed by atoms with van der Waals surface area (Å²) in [5, 5.41) is 1.03. The Balaban J connectivity index is 1.69. The van der Waals surface area contributed by atoms with Crippen LogP contribution in [-0.2, 0) is 0 Å². The van der Waals surface area contributed by atoms with Gasteiger partial charge in [-0.15, -0.1) is 0 Å². The number of carbonyl (C=O) groups excluding carboxylic acids is 1. The fourth-order valence-electron chi connectivity index (χ4n) is 2.91. The minimum absolute atomic E-state index is 0.138. The van der Waals surface area contributed by atoms with Crippen LogP contribution >= 0.6 is 0 Å². The van der Waals surface area contributed by atoms with Crippen molar-refractivity contribution >= 4 is 22.9 Å². The van der Waals surface area contributed by atoms with Gasteiger partial charge in [-0.2, -0.15) is 0 Å². The highest BCUT2D eigenvalue weighted by Crippen LogP contribution is 2.23. The molecule has 0 atom stereocenters. The predicted molar refractivity (Wildman–Crippen MR) is 86.0 cm³/mol. The maximum Gasteiger partial charge on any atom is 0.320 e. The maximum absolute atomic E-state index is 12.4. The molecule has 0 unspecified atom stereocenters. The number of fused-ring (bicyclic) bond motifs is 1. The SMILES string of the molecule is CCN(CC)C(=O)N1CCN(c2ncnc3[nH]ccc23)CC1. The molecule has 2 aromatic heterocycles. The van der Waals surface area contributed by atoms with E-state index >= 15 is 0 Å². The minimum Gasteiger partial charge on any atom is -0.352 e. The van der Waals surface area contributed by atoms with Crippen LogP contribution in [0.5, 0.6) is 0 Å². The van der Waals surface area contributed by atoms with Gasteiger partial charge in [-0.3, -0.25) is 0 Å². The molecule has 22 heavy (non-hydrogen) atoms. The Hall–Kier alpha value is -2.31. The first-order chi connectivity index (χ1) is 10.7. The Labute approximate surface area is 129 Å². The molecule has 0 radical (unpaired) electrons. The van der Waals surface area contributed by atoms with E-state index in [1.165, 1.54) is 0 Å². The number of rotatable bonds is 3. The quantitative estimate of drug-likeness (QED) is 0.934. The average molecular weight is 302 g/mol. The van der Waals surface area contributed by atoms with Gasteiger partial charge in [0.05, 0.1) is 5.39 Å². The molecule has 3 heterocycles. The number of hydrogen-bond acceptors (Lipinski definition) is 4. The lowest BCUT2D eigenvalue weighted by Crippen LogP contribution is -2.53. The van der Waals surface area contributed by atoms with E-state index in [1.807, 2.05) is 35.9 Å². The molecule has 1 aliphatic heterocycles. The zero-order valence-corrected chi connectivity index (χ0v) is 13.1. The van der Waals surface area contributed by atoms with E-state index < -0.39 is 0 Å². The number of piperazine rings is 1. The van der Waals surface area contributed by atoms with Crippen LogP contribution in [0.2, 0.25) is 0 Å². The molecule has 1 N–H and O–H groups in total. The Morgan fingerprint density at radius 1 is 1.23 bits per heavy atom. The highest BCUT2D eigenvalue weighted by molar-refractivity contribution is 5.87. The lowest BCUT2D eigenvalue weighted by Gasteiger charge is -2.37. The first-order valence-electron chi connectivity index (χ1n) is 7.81. The van der Waals surface area contributed by atoms with Gasteiger partial charge in [0.2, 0.25) is 0 Å². The summed E-state index contributed by atoms with van der Waals surface area (Å²) in [5.74, 6) is 0.946. The number of aromatic amines is 1. The van der Waals surface area contributed by atoms with Crippen molar-refractivity contribution in [3.8, 4) is 0 Å². The van der Waals surface area contributed by atoms with Crippen molar-refractivity contribution in [1.29, 1.82) is 0 Å². The number of urea groups is 1. The van der Waals surface area contributed by atoms with E-state index in [9.17, 15) is 4.79 Å². The third-order valence-corrected chi connectivity index (χ3v) is 4.22. The number of carbonyl (C=O) groups is 1. The largest absolute Gasteiger partial charge is 0.352 e. The van der Waals surface area contributed by atoms with Crippen molar-refractivity contribution in [1.82, 2.24) is 24.8 Å². The highest BCUT2D eigenvalue weighted by atomic mass is 16.2. The zero-order chi connectivity index (χ0) is 15.5. The Morgan fingerprint density at radius 3 is 2.64 bits per heavy atom. The van der Waals surface area contributed by atoms with Gasteiger partial charge in [-0.05, 0) is 19.9 Å². The van der Waals surface area contributed by atoms with Crippen LogP contribution in [-0.4, -0.2) is 70.1 Å². The normalized spacial score (nSPS) is 15.4. The first-order valence-corrected chi connectivity index (χ1v) is 7.81. The Bertz CT molecular complexity index is 642. The second kappa shape index (κ2) is 6.21. The van der Waals surface area contributed by atoms with Crippen LogP contribution in [0.1, 0.15) is 13.8 Å². The Kier molecular flexibility index (Phi) is 4.13. The number of anilines is 1. The molecule has 0 aromatic carbocycles. The minimum atomic E-state index is 0.138. The summed E-state index contributed by atoms with van der Waals surface area (Å²) in [6.45, 7) is 8.59. The summed E-state index contributed by atoms with van der Waals surface area (Å²) in [6.07, 6.45) is 3.46. The molecule has 1 saturated heterocycles. The molecular formula is C15H22N6O. The van der Waals surface area contributed by atoms with Crippen LogP contribution < -0.4 is 4.90 Å². The van der Waals surface area contributed by atoms with Crippen LogP contribution in [0.15, 0.2) is 18.6 Å². The Morgan fingerprint density at radius 2 is 1.95 bits per heavy atom. The molecule has 0 spiro atoms. The fraction of sp³-hybridized carbons (Fsp3) is 0.533. The zero-order valence-electron chi connectivity index (χ0n) is 13.1. The van der Waals surface area contributed by atoms with Crippen molar-refractivity contribution in [3.63, 3.8) is 0 Å². The molecule has 2 aromatic rings. The second-order valence-corrected chi connectivity index (χ2v) is 5.37. The molecule has 2 amide bonds. The topological polar surface area (TPSA) is 68.4 Å². The van der Waals surface area contributed by atoms with Gasteiger partial charge >= 0.3 is 6.03 Å². The standard InChI is InChI=1S/C15H22N6O/c1-3-19(4-2)15(22)21-9-7-20(8-10-21)14-12-5-6-16-13(12)17-11-18-14/h5-6,11H,3-4,7-10H2,1-2H3,(H,16,17,18). The van der Waals surface area contributed by atoms with Crippen molar-refractivity contribution in [2.45, 2.75) is 13.8 Å². The number of hydrogen-bond donors (Lipinski definition) is 1. The smallest absolute Gasteiger partial charge is 0.320 e. The molecular weight excluding hydrogens is 280 g/mol. The van der Waals surface area contributed by atoms with Crippen LogP contribution in [0.3, 0.4) is 0 Å². The summed E-state index contributed by atoms with van der Waals surface area (Å²) in [7, 11) is 0. The molecule has 7 heteroatoms. The highest BCUT2D eigenvalue weighted by Gasteiger charge is 2.25. The average Bonchev–Trinajstić information content (AvgIpc) is 3.04. The third kappa shape index (κ3) is 2.58. The number of amides is 2. The number of H-pyrrole nitrogens is 1. The van der Waals surface area contributed by atoms with Gasteiger partial charge in [0, 0.05) is 45.5 Å². The van der Waals surface area contributed by atoms with Gasteiger partial charge in [-0.25, -0.2) is 14.8 Å². The summed E-state index contributed by atoms with van der Waals surface area (Å²) in [5.41, 5.74) is 0.853. The maximum atomic E-state index is 12.4. The predicted octanol–water partition coefficient (Wildman–Crippen LogP) is 1.54. The summed E-state index contributed by atoms with van der Waals surface area (Å²) in [6, 6.07) is 2.14. The first kappa shape index (κ1) is 14.6. The molecule has 7 nitrogen and oxygen atoms in total. The lowest BCUT2D eigenvalue weighted by molar-refractivity contribution is 0.154. The molecule has 118 valence electrons. The van der Waals surface area contributed by atoms with E-state index in [4.69, 9.17) is 0 Å². The van der Waals surface area contributed by atoms with Gasteiger partial charge in [0.1, 0.15) is 17.8 Å². The van der Waals surface area contributed by atoms with Crippen LogP contribution in [0.4, 0.5) is 10.6 Å². The monoisotopic (exact) mass is 302 g/mol. The van der Waals surface area contributed by atoms with Gasteiger partial charge in [0.15, 0.2) is 0 Å². The van der Waals surface area contributed by atoms with Crippen molar-refractivity contribution in [2.24, 2.45) is 0 Å². The van der Waals surface area contributed by atoms with Crippen LogP contribution in [0, 0.1) is 0 Å².